The van der Waals surface area contributed by atoms with Crippen LogP contribution < -0.4 is 29.7 Å². The van der Waals surface area contributed by atoms with Gasteiger partial charge in [-0.15, -0.1) is 0 Å². The molecule has 7 nitrogen and oxygen atoms in total. The summed E-state index contributed by atoms with van der Waals surface area (Å²) in [4.78, 5) is 32.5. The van der Waals surface area contributed by atoms with Gasteiger partial charge in [0.05, 0.1) is 21.8 Å². The van der Waals surface area contributed by atoms with Crippen molar-refractivity contribution in [3.63, 3.8) is 0 Å². The number of thiazole rings is 1. The van der Waals surface area contributed by atoms with Crippen LogP contribution in [-0.2, 0) is 4.79 Å². The van der Waals surface area contributed by atoms with Gasteiger partial charge in [-0.25, -0.2) is 4.99 Å². The molecular formula is C28H21N3O4S. The minimum Gasteiger partial charge on any atom is -0.454 e. The first-order valence-electron chi connectivity index (χ1n) is 11.4. The smallest absolute Gasteiger partial charge is 0.271 e. The van der Waals surface area contributed by atoms with E-state index in [2.05, 4.69) is 10.3 Å². The normalized spacial score (nSPS) is 16.5. The molecule has 0 saturated carbocycles. The predicted octanol–water partition coefficient (Wildman–Crippen LogP) is 3.60. The lowest BCUT2D eigenvalue weighted by molar-refractivity contribution is -0.113. The molecule has 1 aromatic heterocycles. The highest BCUT2D eigenvalue weighted by molar-refractivity contribution is 7.07. The molecule has 0 saturated heterocycles. The zero-order valence-electron chi connectivity index (χ0n) is 19.3. The average molecular weight is 496 g/mol. The molecule has 36 heavy (non-hydrogen) atoms. The number of aromatic nitrogens is 1. The van der Waals surface area contributed by atoms with E-state index in [1.165, 1.54) is 11.3 Å². The van der Waals surface area contributed by atoms with Gasteiger partial charge < -0.3 is 14.8 Å². The van der Waals surface area contributed by atoms with Gasteiger partial charge >= 0.3 is 0 Å². The number of allylic oxidation sites excluding steroid dienone is 1. The first kappa shape index (κ1) is 22.1. The summed E-state index contributed by atoms with van der Waals surface area (Å²) in [6.07, 6.45) is 1.82. The van der Waals surface area contributed by atoms with E-state index >= 15 is 0 Å². The van der Waals surface area contributed by atoms with Gasteiger partial charge in [0.25, 0.3) is 11.5 Å². The Hall–Kier alpha value is -4.43. The van der Waals surface area contributed by atoms with E-state index < -0.39 is 6.04 Å². The summed E-state index contributed by atoms with van der Waals surface area (Å²) in [5, 5.41) is 2.96. The maximum absolute atomic E-state index is 13.7. The van der Waals surface area contributed by atoms with Crippen molar-refractivity contribution < 1.29 is 14.3 Å². The van der Waals surface area contributed by atoms with E-state index in [0.717, 1.165) is 11.1 Å². The van der Waals surface area contributed by atoms with Gasteiger partial charge in [-0.1, -0.05) is 65.9 Å². The minimum atomic E-state index is -0.606. The van der Waals surface area contributed by atoms with Crippen LogP contribution in [0, 0.1) is 0 Å². The zero-order valence-corrected chi connectivity index (χ0v) is 20.1. The quantitative estimate of drug-likeness (QED) is 0.469. The van der Waals surface area contributed by atoms with Crippen molar-refractivity contribution in [1.82, 2.24) is 4.57 Å². The lowest BCUT2D eigenvalue weighted by Gasteiger charge is -2.25. The van der Waals surface area contributed by atoms with Crippen LogP contribution >= 0.6 is 11.3 Å². The number of benzene rings is 3. The second-order valence-electron chi connectivity index (χ2n) is 8.43. The highest BCUT2D eigenvalue weighted by Gasteiger charge is 2.32. The fourth-order valence-electron chi connectivity index (χ4n) is 4.44. The van der Waals surface area contributed by atoms with Crippen LogP contribution in [0.4, 0.5) is 5.69 Å². The molecule has 2 aliphatic heterocycles. The third-order valence-corrected chi connectivity index (χ3v) is 7.09. The molecule has 1 amide bonds. The first-order chi connectivity index (χ1) is 17.6. The molecule has 0 fully saturated rings. The van der Waals surface area contributed by atoms with Crippen LogP contribution in [0.15, 0.2) is 99.9 Å². The van der Waals surface area contributed by atoms with Crippen molar-refractivity contribution in [2.45, 2.75) is 13.0 Å². The van der Waals surface area contributed by atoms with E-state index in [1.54, 1.807) is 4.57 Å². The summed E-state index contributed by atoms with van der Waals surface area (Å²) in [7, 11) is 0. The predicted molar refractivity (Wildman–Crippen MR) is 138 cm³/mol. The molecule has 8 heteroatoms. The third-order valence-electron chi connectivity index (χ3n) is 6.11. The molecule has 1 unspecified atom stereocenters. The molecule has 0 aliphatic carbocycles. The maximum atomic E-state index is 13.7. The summed E-state index contributed by atoms with van der Waals surface area (Å²) in [5.41, 5.74) is 3.14. The zero-order chi connectivity index (χ0) is 24.6. The lowest BCUT2D eigenvalue weighted by atomic mass is 9.95. The van der Waals surface area contributed by atoms with Gasteiger partial charge in [0, 0.05) is 5.69 Å². The molecule has 6 rings (SSSR count). The molecule has 1 N–H and O–H groups in total. The molecule has 1 atom stereocenters. The molecule has 4 aromatic rings. The van der Waals surface area contributed by atoms with E-state index in [1.807, 2.05) is 91.9 Å². The van der Waals surface area contributed by atoms with Crippen LogP contribution in [0.1, 0.15) is 24.1 Å². The van der Waals surface area contributed by atoms with E-state index in [-0.39, 0.29) is 18.3 Å². The highest BCUT2D eigenvalue weighted by Crippen LogP contribution is 2.33. The van der Waals surface area contributed by atoms with Crippen LogP contribution in [0.5, 0.6) is 11.5 Å². The highest BCUT2D eigenvalue weighted by atomic mass is 32.1. The molecule has 0 radical (unpaired) electrons. The van der Waals surface area contributed by atoms with Crippen molar-refractivity contribution >= 4 is 29.0 Å². The standard InChI is InChI=1S/C28H21N3O4S/c1-17-24(26(32)30-20-10-6-3-7-11-20)25(19-8-4-2-5-9-19)31-27(33)23(36-28(31)29-17)15-18-12-13-21-22(14-18)35-16-34-21/h2-15,25H,16H2,1H3,(H,30,32). The van der Waals surface area contributed by atoms with E-state index in [9.17, 15) is 9.59 Å². The number of nitrogens with zero attached hydrogens (tertiary/aromatic N) is 2. The monoisotopic (exact) mass is 495 g/mol. The van der Waals surface area contributed by atoms with Gasteiger partial charge in [0.2, 0.25) is 6.79 Å². The van der Waals surface area contributed by atoms with Crippen molar-refractivity contribution in [2.75, 3.05) is 12.1 Å². The summed E-state index contributed by atoms with van der Waals surface area (Å²) in [5.74, 6) is 1.04. The molecule has 0 bridgehead atoms. The largest absolute Gasteiger partial charge is 0.454 e. The van der Waals surface area contributed by atoms with E-state index in [0.29, 0.717) is 37.8 Å². The molecule has 3 aromatic carbocycles. The number of para-hydroxylation sites is 1. The second-order valence-corrected chi connectivity index (χ2v) is 9.43. The van der Waals surface area contributed by atoms with Gasteiger partial charge in [-0.05, 0) is 48.4 Å². The number of rotatable bonds is 4. The molecule has 0 spiro atoms. The fraction of sp³-hybridized carbons (Fsp3) is 0.107. The van der Waals surface area contributed by atoms with Crippen LogP contribution in [0.25, 0.3) is 6.08 Å². The van der Waals surface area contributed by atoms with Gasteiger partial charge in [0.15, 0.2) is 16.3 Å². The summed E-state index contributed by atoms with van der Waals surface area (Å²) in [6.45, 7) is 2.00. The number of carbonyl (C=O) groups is 1. The number of ether oxygens (including phenoxy) is 2. The third kappa shape index (κ3) is 3.91. The number of carbonyl (C=O) groups excluding carboxylic acids is 1. The van der Waals surface area contributed by atoms with Crippen molar-refractivity contribution in [3.8, 4) is 11.5 Å². The number of anilines is 1. The number of amides is 1. The van der Waals surface area contributed by atoms with Gasteiger partial charge in [-0.2, -0.15) is 0 Å². The Morgan fingerprint density at radius 2 is 1.75 bits per heavy atom. The van der Waals surface area contributed by atoms with E-state index in [4.69, 9.17) is 9.47 Å². The minimum absolute atomic E-state index is 0.186. The number of hydrogen-bond donors (Lipinski definition) is 1. The molecule has 3 heterocycles. The molecule has 178 valence electrons. The topological polar surface area (TPSA) is 81.9 Å². The van der Waals surface area contributed by atoms with Crippen LogP contribution in [-0.4, -0.2) is 17.3 Å². The average Bonchev–Trinajstić information content (AvgIpc) is 3.48. The van der Waals surface area contributed by atoms with Crippen LogP contribution in [0.2, 0.25) is 0 Å². The van der Waals surface area contributed by atoms with Gasteiger partial charge in [0.1, 0.15) is 0 Å². The Balaban J connectivity index is 1.48. The lowest BCUT2D eigenvalue weighted by Crippen LogP contribution is -2.40. The molecule has 2 aliphatic rings. The number of fused-ring (bicyclic) bond motifs is 2. The Kier molecular flexibility index (Phi) is 5.50. The van der Waals surface area contributed by atoms with Crippen LogP contribution in [0.3, 0.4) is 0 Å². The SMILES string of the molecule is CC1=C(C(=O)Nc2ccccc2)C(c2ccccc2)n2c(sc(=Cc3ccc4c(c3)OCO4)c2=O)=N1. The Morgan fingerprint density at radius 1 is 1.03 bits per heavy atom. The maximum Gasteiger partial charge on any atom is 0.271 e. The Bertz CT molecular complexity index is 1690. The number of hydrogen-bond acceptors (Lipinski definition) is 6. The molecular weight excluding hydrogens is 474 g/mol. The Labute approximate surface area is 210 Å². The fourth-order valence-corrected chi connectivity index (χ4v) is 5.48. The van der Waals surface area contributed by atoms with Gasteiger partial charge in [-0.3, -0.25) is 14.2 Å². The summed E-state index contributed by atoms with van der Waals surface area (Å²) >= 11 is 1.30. The second kappa shape index (κ2) is 8.98. The number of nitrogens with one attached hydrogen (secondary N) is 1. The van der Waals surface area contributed by atoms with Crippen molar-refractivity contribution in [2.24, 2.45) is 4.99 Å². The summed E-state index contributed by atoms with van der Waals surface area (Å²) in [6, 6.07) is 23.8. The first-order valence-corrected chi connectivity index (χ1v) is 12.2. The summed E-state index contributed by atoms with van der Waals surface area (Å²) < 4.78 is 13.0. The van der Waals surface area contributed by atoms with Crippen molar-refractivity contribution in [1.29, 1.82) is 0 Å². The van der Waals surface area contributed by atoms with Crippen molar-refractivity contribution in [3.05, 3.63) is 121 Å². The Morgan fingerprint density at radius 3 is 2.53 bits per heavy atom.